The molecule has 2 aliphatic rings. The highest BCUT2D eigenvalue weighted by molar-refractivity contribution is 4.90. The van der Waals surface area contributed by atoms with Crippen molar-refractivity contribution in [2.24, 2.45) is 11.8 Å². The zero-order valence-corrected chi connectivity index (χ0v) is 12.3. The zero-order valence-electron chi connectivity index (χ0n) is 12.3. The molecule has 106 valence electrons. The first-order chi connectivity index (χ1) is 8.83. The van der Waals surface area contributed by atoms with Gasteiger partial charge in [0.1, 0.15) is 0 Å². The molecule has 1 saturated carbocycles. The Morgan fingerprint density at radius 1 is 1.11 bits per heavy atom. The summed E-state index contributed by atoms with van der Waals surface area (Å²) in [5.74, 6) is 1.59. The molecule has 2 rings (SSSR count). The van der Waals surface area contributed by atoms with Gasteiger partial charge in [-0.05, 0) is 44.1 Å². The van der Waals surface area contributed by atoms with Crippen LogP contribution < -0.4 is 5.32 Å². The number of nitrogens with one attached hydrogen (secondary N) is 1. The van der Waals surface area contributed by atoms with E-state index in [2.05, 4.69) is 19.2 Å². The van der Waals surface area contributed by atoms with Crippen LogP contribution in [-0.4, -0.2) is 25.3 Å². The lowest BCUT2D eigenvalue weighted by Gasteiger charge is -2.33. The van der Waals surface area contributed by atoms with Crippen molar-refractivity contribution in [1.29, 1.82) is 0 Å². The lowest BCUT2D eigenvalue weighted by Crippen LogP contribution is -2.47. The maximum absolute atomic E-state index is 6.06. The molecule has 3 atom stereocenters. The molecule has 18 heavy (non-hydrogen) atoms. The fourth-order valence-electron chi connectivity index (χ4n) is 3.71. The fraction of sp³-hybridized carbons (Fsp3) is 1.00. The minimum absolute atomic E-state index is 0.472. The smallest absolute Gasteiger partial charge is 0.0756 e. The van der Waals surface area contributed by atoms with E-state index in [9.17, 15) is 0 Å². The molecule has 1 aliphatic heterocycles. The maximum Gasteiger partial charge on any atom is 0.0756 e. The minimum Gasteiger partial charge on any atom is -0.376 e. The molecular weight excluding hydrogens is 222 g/mol. The Hall–Kier alpha value is -0.0800. The van der Waals surface area contributed by atoms with Crippen LogP contribution in [0.1, 0.15) is 65.2 Å². The summed E-state index contributed by atoms with van der Waals surface area (Å²) in [5.41, 5.74) is 0. The Bertz CT molecular complexity index is 223. The minimum atomic E-state index is 0.472. The van der Waals surface area contributed by atoms with E-state index in [-0.39, 0.29) is 0 Å². The molecule has 3 unspecified atom stereocenters. The third kappa shape index (κ3) is 3.71. The molecule has 1 heterocycles. The predicted octanol–water partition coefficient (Wildman–Crippen LogP) is 3.75. The van der Waals surface area contributed by atoms with Crippen molar-refractivity contribution in [3.05, 3.63) is 0 Å². The highest BCUT2D eigenvalue weighted by Gasteiger charge is 2.36. The van der Waals surface area contributed by atoms with Gasteiger partial charge in [0.15, 0.2) is 0 Å². The van der Waals surface area contributed by atoms with Gasteiger partial charge in [-0.1, -0.05) is 39.5 Å². The molecule has 0 spiro atoms. The van der Waals surface area contributed by atoms with Gasteiger partial charge in [0.2, 0.25) is 0 Å². The van der Waals surface area contributed by atoms with E-state index in [4.69, 9.17) is 4.74 Å². The van der Waals surface area contributed by atoms with E-state index in [1.165, 1.54) is 51.4 Å². The van der Waals surface area contributed by atoms with E-state index in [0.717, 1.165) is 25.0 Å². The third-order valence-electron chi connectivity index (χ3n) is 4.84. The van der Waals surface area contributed by atoms with Crippen LogP contribution in [0.4, 0.5) is 0 Å². The van der Waals surface area contributed by atoms with Gasteiger partial charge in [-0.3, -0.25) is 0 Å². The summed E-state index contributed by atoms with van der Waals surface area (Å²) in [4.78, 5) is 0. The van der Waals surface area contributed by atoms with E-state index in [1.54, 1.807) is 0 Å². The summed E-state index contributed by atoms with van der Waals surface area (Å²) < 4.78 is 6.06. The van der Waals surface area contributed by atoms with Crippen molar-refractivity contribution in [2.45, 2.75) is 77.4 Å². The average Bonchev–Trinajstić information content (AvgIpc) is 2.65. The van der Waals surface area contributed by atoms with Gasteiger partial charge >= 0.3 is 0 Å². The SMILES string of the molecule is CCCNC(C1CCCCCC1)C1OCCC1C. The van der Waals surface area contributed by atoms with Crippen molar-refractivity contribution < 1.29 is 4.74 Å². The molecule has 2 nitrogen and oxygen atoms in total. The first-order valence-electron chi connectivity index (χ1n) is 8.18. The first kappa shape index (κ1) is 14.3. The van der Waals surface area contributed by atoms with Crippen molar-refractivity contribution in [3.63, 3.8) is 0 Å². The molecule has 0 amide bonds. The van der Waals surface area contributed by atoms with Gasteiger partial charge in [-0.25, -0.2) is 0 Å². The lowest BCUT2D eigenvalue weighted by molar-refractivity contribution is 0.0376. The van der Waals surface area contributed by atoms with E-state index >= 15 is 0 Å². The molecular formula is C16H31NO. The molecule has 0 aromatic heterocycles. The van der Waals surface area contributed by atoms with Gasteiger partial charge in [0.25, 0.3) is 0 Å². The number of hydrogen-bond donors (Lipinski definition) is 1. The second kappa shape index (κ2) is 7.49. The van der Waals surface area contributed by atoms with E-state index < -0.39 is 0 Å². The zero-order chi connectivity index (χ0) is 12.8. The van der Waals surface area contributed by atoms with Crippen LogP contribution >= 0.6 is 0 Å². The quantitative estimate of drug-likeness (QED) is 0.753. The van der Waals surface area contributed by atoms with E-state index in [1.807, 2.05) is 0 Å². The van der Waals surface area contributed by atoms with Crippen LogP contribution in [0.25, 0.3) is 0 Å². The Balaban J connectivity index is 1.97. The highest BCUT2D eigenvalue weighted by Crippen LogP contribution is 2.32. The van der Waals surface area contributed by atoms with Gasteiger partial charge in [-0.2, -0.15) is 0 Å². The summed E-state index contributed by atoms with van der Waals surface area (Å²) >= 11 is 0. The molecule has 0 aromatic carbocycles. The van der Waals surface area contributed by atoms with Crippen molar-refractivity contribution in [2.75, 3.05) is 13.2 Å². The highest BCUT2D eigenvalue weighted by atomic mass is 16.5. The molecule has 0 aromatic rings. The molecule has 0 radical (unpaired) electrons. The molecule has 2 fully saturated rings. The number of ether oxygens (including phenoxy) is 1. The summed E-state index contributed by atoms with van der Waals surface area (Å²) in [6.07, 6.45) is 11.5. The maximum atomic E-state index is 6.06. The van der Waals surface area contributed by atoms with Crippen molar-refractivity contribution in [3.8, 4) is 0 Å². The van der Waals surface area contributed by atoms with Crippen LogP contribution in [0, 0.1) is 11.8 Å². The van der Waals surface area contributed by atoms with E-state index in [0.29, 0.717) is 12.1 Å². The van der Waals surface area contributed by atoms with Gasteiger partial charge in [0, 0.05) is 12.6 Å². The Labute approximate surface area is 113 Å². The summed E-state index contributed by atoms with van der Waals surface area (Å²) in [5, 5.41) is 3.81. The molecule has 0 bridgehead atoms. The number of hydrogen-bond acceptors (Lipinski definition) is 2. The Morgan fingerprint density at radius 3 is 2.39 bits per heavy atom. The van der Waals surface area contributed by atoms with Crippen LogP contribution in [0.2, 0.25) is 0 Å². The summed E-state index contributed by atoms with van der Waals surface area (Å²) in [6, 6.07) is 0.612. The van der Waals surface area contributed by atoms with Crippen LogP contribution in [-0.2, 0) is 4.74 Å². The third-order valence-corrected chi connectivity index (χ3v) is 4.84. The normalized spacial score (nSPS) is 32.3. The summed E-state index contributed by atoms with van der Waals surface area (Å²) in [6.45, 7) is 6.75. The standard InChI is InChI=1S/C16H31NO/c1-3-11-17-15(16-13(2)10-12-18-16)14-8-6-4-5-7-9-14/h13-17H,3-12H2,1-2H3. The largest absolute Gasteiger partial charge is 0.376 e. The van der Waals surface area contributed by atoms with Gasteiger partial charge in [0.05, 0.1) is 6.10 Å². The summed E-state index contributed by atoms with van der Waals surface area (Å²) in [7, 11) is 0. The van der Waals surface area contributed by atoms with Crippen molar-refractivity contribution in [1.82, 2.24) is 5.32 Å². The molecule has 2 heteroatoms. The van der Waals surface area contributed by atoms with Gasteiger partial charge < -0.3 is 10.1 Å². The molecule has 1 N–H and O–H groups in total. The molecule has 1 aliphatic carbocycles. The Kier molecular flexibility index (Phi) is 5.97. The van der Waals surface area contributed by atoms with Crippen LogP contribution in [0.15, 0.2) is 0 Å². The monoisotopic (exact) mass is 253 g/mol. The average molecular weight is 253 g/mol. The lowest BCUT2D eigenvalue weighted by atomic mass is 9.84. The fourth-order valence-corrected chi connectivity index (χ4v) is 3.71. The molecule has 1 saturated heterocycles. The first-order valence-corrected chi connectivity index (χ1v) is 8.18. The predicted molar refractivity (Wildman–Crippen MR) is 76.8 cm³/mol. The second-order valence-corrected chi connectivity index (χ2v) is 6.33. The Morgan fingerprint density at radius 2 is 1.83 bits per heavy atom. The van der Waals surface area contributed by atoms with Crippen molar-refractivity contribution >= 4 is 0 Å². The van der Waals surface area contributed by atoms with Crippen LogP contribution in [0.5, 0.6) is 0 Å². The number of rotatable bonds is 5. The second-order valence-electron chi connectivity index (χ2n) is 6.33. The topological polar surface area (TPSA) is 21.3 Å². The van der Waals surface area contributed by atoms with Crippen LogP contribution in [0.3, 0.4) is 0 Å². The van der Waals surface area contributed by atoms with Gasteiger partial charge in [-0.15, -0.1) is 0 Å².